The van der Waals surface area contributed by atoms with Gasteiger partial charge < -0.3 is 4.74 Å². The van der Waals surface area contributed by atoms with Gasteiger partial charge in [-0.1, -0.05) is 54.6 Å². The molecule has 0 N–H and O–H groups in total. The van der Waals surface area contributed by atoms with E-state index >= 15 is 0 Å². The van der Waals surface area contributed by atoms with Crippen molar-refractivity contribution in [2.45, 2.75) is 0 Å². The van der Waals surface area contributed by atoms with Crippen molar-refractivity contribution in [3.05, 3.63) is 84.6 Å². The minimum absolute atomic E-state index is 0.905. The number of allylic oxidation sites excluding steroid dienone is 2. The molecule has 0 fully saturated rings. The Kier molecular flexibility index (Phi) is 2.56. The molecule has 1 aliphatic rings. The second-order valence-electron chi connectivity index (χ2n) is 5.86. The van der Waals surface area contributed by atoms with Crippen LogP contribution in [0.15, 0.2) is 79.1 Å². The Morgan fingerprint density at radius 1 is 0.609 bits per heavy atom. The first-order valence-electron chi connectivity index (χ1n) is 7.78. The summed E-state index contributed by atoms with van der Waals surface area (Å²) in [7, 11) is 0. The van der Waals surface area contributed by atoms with E-state index in [1.165, 1.54) is 32.3 Å². The minimum atomic E-state index is 0.905. The molecule has 1 aliphatic heterocycles. The van der Waals surface area contributed by atoms with E-state index in [1.54, 1.807) is 6.26 Å². The van der Waals surface area contributed by atoms with Crippen LogP contribution in [0.5, 0.6) is 5.75 Å². The van der Waals surface area contributed by atoms with Crippen LogP contribution in [-0.4, -0.2) is 0 Å². The first-order chi connectivity index (χ1) is 11.4. The van der Waals surface area contributed by atoms with E-state index in [4.69, 9.17) is 4.74 Å². The molecule has 5 rings (SSSR count). The van der Waals surface area contributed by atoms with Crippen molar-refractivity contribution in [1.82, 2.24) is 0 Å². The minimum Gasteiger partial charge on any atom is -0.464 e. The molecule has 0 atom stereocenters. The lowest BCUT2D eigenvalue weighted by atomic mass is 9.95. The third kappa shape index (κ3) is 1.87. The SMILES string of the molecule is C1=COc2ccc3cc4c(ccc5ccccc54)cc3c2C=C1. The zero-order valence-electron chi connectivity index (χ0n) is 12.5. The van der Waals surface area contributed by atoms with E-state index in [0.717, 1.165) is 11.3 Å². The first kappa shape index (κ1) is 12.5. The van der Waals surface area contributed by atoms with Crippen LogP contribution in [0.4, 0.5) is 0 Å². The van der Waals surface area contributed by atoms with Crippen LogP contribution in [0.2, 0.25) is 0 Å². The predicted molar refractivity (Wildman–Crippen MR) is 97.8 cm³/mol. The normalized spacial score (nSPS) is 13.2. The third-order valence-corrected chi connectivity index (χ3v) is 4.53. The highest BCUT2D eigenvalue weighted by molar-refractivity contribution is 6.13. The highest BCUT2D eigenvalue weighted by Crippen LogP contribution is 2.35. The molecular formula is C22H14O. The Hall–Kier alpha value is -3.06. The fourth-order valence-corrected chi connectivity index (χ4v) is 3.42. The number of rotatable bonds is 0. The van der Waals surface area contributed by atoms with Crippen LogP contribution in [0.3, 0.4) is 0 Å². The Labute approximate surface area is 134 Å². The molecule has 1 heteroatoms. The third-order valence-electron chi connectivity index (χ3n) is 4.53. The highest BCUT2D eigenvalue weighted by Gasteiger charge is 2.09. The van der Waals surface area contributed by atoms with Crippen LogP contribution >= 0.6 is 0 Å². The van der Waals surface area contributed by atoms with Crippen LogP contribution in [0.1, 0.15) is 5.56 Å². The van der Waals surface area contributed by atoms with Gasteiger partial charge in [0.25, 0.3) is 0 Å². The average Bonchev–Trinajstić information content (AvgIpc) is 2.86. The second kappa shape index (κ2) is 4.72. The molecule has 0 unspecified atom stereocenters. The summed E-state index contributed by atoms with van der Waals surface area (Å²) in [6.07, 6.45) is 7.78. The molecule has 23 heavy (non-hydrogen) atoms. The molecule has 0 amide bonds. The maximum Gasteiger partial charge on any atom is 0.134 e. The molecule has 0 bridgehead atoms. The maximum absolute atomic E-state index is 5.70. The van der Waals surface area contributed by atoms with E-state index in [1.807, 2.05) is 12.2 Å². The van der Waals surface area contributed by atoms with Crippen molar-refractivity contribution in [2.24, 2.45) is 0 Å². The molecule has 4 aromatic carbocycles. The number of hydrogen-bond acceptors (Lipinski definition) is 1. The average molecular weight is 294 g/mol. The van der Waals surface area contributed by atoms with Gasteiger partial charge in [-0.3, -0.25) is 0 Å². The fraction of sp³-hybridized carbons (Fsp3) is 0. The number of ether oxygens (including phenoxy) is 1. The van der Waals surface area contributed by atoms with Gasteiger partial charge in [-0.15, -0.1) is 0 Å². The molecule has 0 saturated heterocycles. The molecule has 1 nitrogen and oxygen atoms in total. The maximum atomic E-state index is 5.70. The molecular weight excluding hydrogens is 280 g/mol. The van der Waals surface area contributed by atoms with Crippen LogP contribution < -0.4 is 4.74 Å². The largest absolute Gasteiger partial charge is 0.464 e. The summed E-state index contributed by atoms with van der Waals surface area (Å²) < 4.78 is 5.70. The molecule has 0 aromatic heterocycles. The smallest absolute Gasteiger partial charge is 0.134 e. The van der Waals surface area contributed by atoms with Crippen molar-refractivity contribution < 1.29 is 4.74 Å². The van der Waals surface area contributed by atoms with E-state index in [2.05, 4.69) is 66.7 Å². The van der Waals surface area contributed by atoms with Crippen molar-refractivity contribution in [2.75, 3.05) is 0 Å². The van der Waals surface area contributed by atoms with Crippen molar-refractivity contribution in [3.63, 3.8) is 0 Å². The fourth-order valence-electron chi connectivity index (χ4n) is 3.42. The van der Waals surface area contributed by atoms with Gasteiger partial charge in [0.05, 0.1) is 6.26 Å². The van der Waals surface area contributed by atoms with Gasteiger partial charge in [-0.05, 0) is 56.6 Å². The molecule has 108 valence electrons. The first-order valence-corrected chi connectivity index (χ1v) is 7.78. The monoisotopic (exact) mass is 294 g/mol. The summed E-state index contributed by atoms with van der Waals surface area (Å²) >= 11 is 0. The van der Waals surface area contributed by atoms with Crippen LogP contribution in [0, 0.1) is 0 Å². The molecule has 1 heterocycles. The molecule has 0 aliphatic carbocycles. The second-order valence-corrected chi connectivity index (χ2v) is 5.86. The molecule has 0 radical (unpaired) electrons. The number of hydrogen-bond donors (Lipinski definition) is 0. The summed E-state index contributed by atoms with van der Waals surface area (Å²) in [5, 5.41) is 7.60. The van der Waals surface area contributed by atoms with Gasteiger partial charge in [-0.2, -0.15) is 0 Å². The molecule has 0 saturated carbocycles. The van der Waals surface area contributed by atoms with Gasteiger partial charge >= 0.3 is 0 Å². The summed E-state index contributed by atoms with van der Waals surface area (Å²) in [5.74, 6) is 0.905. The van der Waals surface area contributed by atoms with Gasteiger partial charge in [0, 0.05) is 5.56 Å². The lowest BCUT2D eigenvalue weighted by Gasteiger charge is -2.11. The molecule has 4 aromatic rings. The van der Waals surface area contributed by atoms with E-state index in [-0.39, 0.29) is 0 Å². The Morgan fingerprint density at radius 2 is 1.39 bits per heavy atom. The lowest BCUT2D eigenvalue weighted by Crippen LogP contribution is -1.87. The van der Waals surface area contributed by atoms with Gasteiger partial charge in [0.1, 0.15) is 5.75 Å². The van der Waals surface area contributed by atoms with Gasteiger partial charge in [0.2, 0.25) is 0 Å². The molecule has 0 spiro atoms. The van der Waals surface area contributed by atoms with Crippen molar-refractivity contribution >= 4 is 38.4 Å². The van der Waals surface area contributed by atoms with Crippen LogP contribution in [0.25, 0.3) is 38.4 Å². The summed E-state index contributed by atoms with van der Waals surface area (Å²) in [6, 6.07) is 21.7. The Bertz CT molecular complexity index is 1130. The zero-order chi connectivity index (χ0) is 15.2. The summed E-state index contributed by atoms with van der Waals surface area (Å²) in [5.41, 5.74) is 1.14. The summed E-state index contributed by atoms with van der Waals surface area (Å²) in [6.45, 7) is 0. The Morgan fingerprint density at radius 3 is 2.39 bits per heavy atom. The van der Waals surface area contributed by atoms with Crippen molar-refractivity contribution in [3.8, 4) is 5.75 Å². The zero-order valence-corrected chi connectivity index (χ0v) is 12.5. The predicted octanol–water partition coefficient (Wildman–Crippen LogP) is 6.07. The standard InChI is InChI=1S/C22H14O/c1-2-6-18-15(5-1)8-9-16-14-21-17(13-20(16)18)10-11-22-19(21)7-3-4-12-23-22/h1-14H. The van der Waals surface area contributed by atoms with Gasteiger partial charge in [-0.25, -0.2) is 0 Å². The summed E-state index contributed by atoms with van der Waals surface area (Å²) in [4.78, 5) is 0. The van der Waals surface area contributed by atoms with Crippen molar-refractivity contribution in [1.29, 1.82) is 0 Å². The number of fused-ring (bicyclic) bond motifs is 6. The quantitative estimate of drug-likeness (QED) is 0.283. The Balaban J connectivity index is 1.92. The lowest BCUT2D eigenvalue weighted by molar-refractivity contribution is 0.482. The topological polar surface area (TPSA) is 9.23 Å². The van der Waals surface area contributed by atoms with E-state index in [9.17, 15) is 0 Å². The van der Waals surface area contributed by atoms with E-state index in [0.29, 0.717) is 0 Å². The number of benzene rings is 4. The van der Waals surface area contributed by atoms with E-state index < -0.39 is 0 Å². The van der Waals surface area contributed by atoms with Gasteiger partial charge in [0.15, 0.2) is 0 Å². The highest BCUT2D eigenvalue weighted by atomic mass is 16.5. The van der Waals surface area contributed by atoms with Crippen LogP contribution in [-0.2, 0) is 0 Å².